The van der Waals surface area contributed by atoms with Crippen LogP contribution < -0.4 is 5.32 Å². The highest BCUT2D eigenvalue weighted by Crippen LogP contribution is 2.17. The van der Waals surface area contributed by atoms with Gasteiger partial charge in [0.1, 0.15) is 0 Å². The molecule has 1 N–H and O–H groups in total. The van der Waals surface area contributed by atoms with Crippen LogP contribution in [-0.4, -0.2) is 28.3 Å². The van der Waals surface area contributed by atoms with Crippen LogP contribution in [0.2, 0.25) is 0 Å². The van der Waals surface area contributed by atoms with Crippen molar-refractivity contribution in [1.82, 2.24) is 5.32 Å². The Hall–Kier alpha value is 0.110. The van der Waals surface area contributed by atoms with Crippen molar-refractivity contribution < 1.29 is 4.21 Å². The van der Waals surface area contributed by atoms with Gasteiger partial charge in [0.05, 0.1) is 0 Å². The summed E-state index contributed by atoms with van der Waals surface area (Å²) in [5.74, 6) is 0.788. The molecule has 3 heteroatoms. The highest BCUT2D eigenvalue weighted by atomic mass is 32.2. The van der Waals surface area contributed by atoms with Gasteiger partial charge in [-0.3, -0.25) is 4.21 Å². The maximum absolute atomic E-state index is 11.3. The Balaban J connectivity index is 2.31. The van der Waals surface area contributed by atoms with Crippen molar-refractivity contribution in [3.05, 3.63) is 0 Å². The summed E-state index contributed by atoms with van der Waals surface area (Å²) in [6, 6.07) is 1.04. The minimum absolute atomic E-state index is 0.392. The fourth-order valence-corrected chi connectivity index (χ4v) is 3.93. The highest BCUT2D eigenvalue weighted by molar-refractivity contribution is 7.84. The SMILES string of the molecule is CC(CS(C)=O)NC1CCCCCCCCCCC1. The van der Waals surface area contributed by atoms with Gasteiger partial charge in [-0.25, -0.2) is 0 Å². The van der Waals surface area contributed by atoms with Gasteiger partial charge in [-0.1, -0.05) is 57.8 Å². The van der Waals surface area contributed by atoms with E-state index in [1.54, 1.807) is 6.26 Å². The molecule has 114 valence electrons. The molecule has 0 saturated heterocycles. The van der Waals surface area contributed by atoms with Gasteiger partial charge in [0, 0.05) is 34.9 Å². The first-order valence-corrected chi connectivity index (χ1v) is 9.97. The zero-order valence-corrected chi connectivity index (χ0v) is 13.8. The summed E-state index contributed by atoms with van der Waals surface area (Å²) in [5.41, 5.74) is 0. The van der Waals surface area contributed by atoms with Crippen LogP contribution in [-0.2, 0) is 10.8 Å². The number of nitrogens with one attached hydrogen (secondary N) is 1. The molecule has 1 fully saturated rings. The molecule has 2 nitrogen and oxygen atoms in total. The van der Waals surface area contributed by atoms with E-state index in [-0.39, 0.29) is 0 Å². The second-order valence-corrected chi connectivity index (χ2v) is 7.74. The zero-order chi connectivity index (χ0) is 13.9. The fourth-order valence-electron chi connectivity index (χ4n) is 3.13. The number of hydrogen-bond acceptors (Lipinski definition) is 2. The van der Waals surface area contributed by atoms with E-state index in [0.29, 0.717) is 12.1 Å². The molecule has 2 atom stereocenters. The van der Waals surface area contributed by atoms with E-state index >= 15 is 0 Å². The lowest BCUT2D eigenvalue weighted by Crippen LogP contribution is -2.39. The molecular weight excluding hydrogens is 254 g/mol. The van der Waals surface area contributed by atoms with Crippen LogP contribution in [0.1, 0.15) is 77.6 Å². The van der Waals surface area contributed by atoms with Crippen LogP contribution in [0.15, 0.2) is 0 Å². The van der Waals surface area contributed by atoms with E-state index in [9.17, 15) is 4.21 Å². The lowest BCUT2D eigenvalue weighted by Gasteiger charge is -2.23. The summed E-state index contributed by atoms with van der Waals surface area (Å²) in [6.07, 6.45) is 17.1. The summed E-state index contributed by atoms with van der Waals surface area (Å²) >= 11 is 0. The molecule has 19 heavy (non-hydrogen) atoms. The standard InChI is InChI=1S/C16H33NOS/c1-15(14-19(2)18)17-16-12-10-8-6-4-3-5-7-9-11-13-16/h15-17H,3-14H2,1-2H3. The van der Waals surface area contributed by atoms with Gasteiger partial charge >= 0.3 is 0 Å². The molecule has 0 spiro atoms. The maximum atomic E-state index is 11.3. The normalized spacial score (nSPS) is 24.1. The lowest BCUT2D eigenvalue weighted by atomic mass is 9.97. The summed E-state index contributed by atoms with van der Waals surface area (Å²) in [6.45, 7) is 2.18. The van der Waals surface area contributed by atoms with E-state index in [4.69, 9.17) is 0 Å². The van der Waals surface area contributed by atoms with E-state index < -0.39 is 10.8 Å². The van der Waals surface area contributed by atoms with Crippen molar-refractivity contribution in [3.63, 3.8) is 0 Å². The minimum atomic E-state index is -0.682. The van der Waals surface area contributed by atoms with Crippen molar-refractivity contribution >= 4 is 10.8 Å². The van der Waals surface area contributed by atoms with E-state index in [1.165, 1.54) is 70.6 Å². The predicted molar refractivity (Wildman–Crippen MR) is 86.1 cm³/mol. The Kier molecular flexibility index (Phi) is 9.80. The molecule has 0 heterocycles. The Bertz CT molecular complexity index is 233. The van der Waals surface area contributed by atoms with Crippen LogP contribution in [0.5, 0.6) is 0 Å². The number of hydrogen-bond donors (Lipinski definition) is 1. The molecule has 1 aliphatic rings. The van der Waals surface area contributed by atoms with Crippen LogP contribution >= 0.6 is 0 Å². The molecule has 0 aromatic rings. The Morgan fingerprint density at radius 3 is 1.79 bits per heavy atom. The van der Waals surface area contributed by atoms with Gasteiger partial charge in [-0.2, -0.15) is 0 Å². The first-order chi connectivity index (χ1) is 9.18. The highest BCUT2D eigenvalue weighted by Gasteiger charge is 2.13. The second-order valence-electron chi connectivity index (χ2n) is 6.26. The van der Waals surface area contributed by atoms with Gasteiger partial charge in [-0.15, -0.1) is 0 Å². The molecule has 1 aliphatic carbocycles. The Labute approximate surface area is 122 Å². The molecular formula is C16H33NOS. The average molecular weight is 288 g/mol. The predicted octanol–water partition coefficient (Wildman–Crippen LogP) is 4.02. The van der Waals surface area contributed by atoms with Crippen molar-refractivity contribution in [1.29, 1.82) is 0 Å². The third kappa shape index (κ3) is 9.61. The molecule has 0 aromatic carbocycles. The van der Waals surface area contributed by atoms with Gasteiger partial charge in [0.2, 0.25) is 0 Å². The van der Waals surface area contributed by atoms with Crippen LogP contribution in [0.25, 0.3) is 0 Å². The molecule has 0 radical (unpaired) electrons. The van der Waals surface area contributed by atoms with E-state index in [0.717, 1.165) is 5.75 Å². The number of rotatable bonds is 4. The van der Waals surface area contributed by atoms with E-state index in [2.05, 4.69) is 12.2 Å². The third-order valence-electron chi connectivity index (χ3n) is 4.11. The second kappa shape index (κ2) is 10.8. The molecule has 1 saturated carbocycles. The largest absolute Gasteiger partial charge is 0.311 e. The molecule has 0 aliphatic heterocycles. The average Bonchev–Trinajstić information content (AvgIpc) is 2.31. The molecule has 2 unspecified atom stereocenters. The van der Waals surface area contributed by atoms with Crippen LogP contribution in [0.3, 0.4) is 0 Å². The van der Waals surface area contributed by atoms with Crippen LogP contribution in [0.4, 0.5) is 0 Å². The zero-order valence-electron chi connectivity index (χ0n) is 13.0. The minimum Gasteiger partial charge on any atom is -0.311 e. The molecule has 1 rings (SSSR count). The molecule has 0 aromatic heterocycles. The summed E-state index contributed by atoms with van der Waals surface area (Å²) in [4.78, 5) is 0. The van der Waals surface area contributed by atoms with Crippen molar-refractivity contribution in [3.8, 4) is 0 Å². The monoisotopic (exact) mass is 287 g/mol. The summed E-state index contributed by atoms with van der Waals surface area (Å²) in [5, 5.41) is 3.71. The molecule has 0 bridgehead atoms. The van der Waals surface area contributed by atoms with Gasteiger partial charge < -0.3 is 5.32 Å². The van der Waals surface area contributed by atoms with Crippen molar-refractivity contribution in [2.24, 2.45) is 0 Å². The van der Waals surface area contributed by atoms with Crippen molar-refractivity contribution in [2.75, 3.05) is 12.0 Å². The van der Waals surface area contributed by atoms with Gasteiger partial charge in [0.25, 0.3) is 0 Å². The maximum Gasteiger partial charge on any atom is 0.0383 e. The van der Waals surface area contributed by atoms with Gasteiger partial charge in [-0.05, 0) is 19.8 Å². The first kappa shape index (κ1) is 17.2. The Morgan fingerprint density at radius 2 is 1.37 bits per heavy atom. The first-order valence-electron chi connectivity index (χ1n) is 8.24. The summed E-state index contributed by atoms with van der Waals surface area (Å²) in [7, 11) is -0.682. The summed E-state index contributed by atoms with van der Waals surface area (Å²) < 4.78 is 11.3. The topological polar surface area (TPSA) is 29.1 Å². The quantitative estimate of drug-likeness (QED) is 0.846. The smallest absolute Gasteiger partial charge is 0.0383 e. The Morgan fingerprint density at radius 1 is 0.947 bits per heavy atom. The van der Waals surface area contributed by atoms with E-state index in [1.807, 2.05) is 0 Å². The van der Waals surface area contributed by atoms with Crippen molar-refractivity contribution in [2.45, 2.75) is 89.6 Å². The third-order valence-corrected chi connectivity index (χ3v) is 5.08. The molecule has 0 amide bonds. The fraction of sp³-hybridized carbons (Fsp3) is 1.00. The van der Waals surface area contributed by atoms with Gasteiger partial charge in [0.15, 0.2) is 0 Å². The lowest BCUT2D eigenvalue weighted by molar-refractivity contribution is 0.382. The van der Waals surface area contributed by atoms with Crippen LogP contribution in [0, 0.1) is 0 Å².